The molecule has 2 aromatic carbocycles. The van der Waals surface area contributed by atoms with E-state index in [2.05, 4.69) is 26.3 Å². The maximum absolute atomic E-state index is 12.2. The molecule has 3 rings (SSSR count). The molecule has 0 aliphatic rings. The molecule has 3 aromatic rings. The second-order valence-corrected chi connectivity index (χ2v) is 7.16. The van der Waals surface area contributed by atoms with Gasteiger partial charge in [-0.25, -0.2) is 0 Å². The number of aryl methyl sites for hydroxylation is 2. The Kier molecular flexibility index (Phi) is 6.65. The first-order chi connectivity index (χ1) is 13.1. The van der Waals surface area contributed by atoms with Gasteiger partial charge in [-0.05, 0) is 64.7 Å². The predicted octanol–water partition coefficient (Wildman–Crippen LogP) is 4.35. The summed E-state index contributed by atoms with van der Waals surface area (Å²) in [6, 6.07) is 15.2. The van der Waals surface area contributed by atoms with Crippen LogP contribution in [0.5, 0.6) is 5.75 Å². The molecule has 1 heterocycles. The van der Waals surface area contributed by atoms with Gasteiger partial charge in [0.2, 0.25) is 0 Å². The van der Waals surface area contributed by atoms with Crippen LogP contribution >= 0.6 is 15.9 Å². The summed E-state index contributed by atoms with van der Waals surface area (Å²) in [6.07, 6.45) is 4.67. The first-order valence-corrected chi connectivity index (χ1v) is 9.64. The van der Waals surface area contributed by atoms with Crippen molar-refractivity contribution >= 4 is 21.8 Å². The highest BCUT2D eigenvalue weighted by Crippen LogP contribution is 2.24. The Morgan fingerprint density at radius 2 is 1.96 bits per heavy atom. The fourth-order valence-electron chi connectivity index (χ4n) is 2.61. The van der Waals surface area contributed by atoms with Crippen LogP contribution in [0.2, 0.25) is 0 Å². The smallest absolute Gasteiger partial charge is 0.251 e. The Hall–Kier alpha value is -2.60. The van der Waals surface area contributed by atoms with Crippen LogP contribution in [0.4, 0.5) is 0 Å². The molecule has 1 aromatic heterocycles. The van der Waals surface area contributed by atoms with Crippen molar-refractivity contribution < 1.29 is 9.53 Å². The Morgan fingerprint density at radius 1 is 1.19 bits per heavy atom. The van der Waals surface area contributed by atoms with E-state index in [1.54, 1.807) is 0 Å². The van der Waals surface area contributed by atoms with Gasteiger partial charge in [-0.15, -0.1) is 0 Å². The molecule has 5 nitrogen and oxygen atoms in total. The molecule has 0 spiro atoms. The molecule has 0 aliphatic heterocycles. The molecular weight excluding hydrogens is 406 g/mol. The maximum atomic E-state index is 12.2. The fraction of sp³-hybridized carbons (Fsp3) is 0.238. The number of hydrogen-bond donors (Lipinski definition) is 1. The average molecular weight is 428 g/mol. The summed E-state index contributed by atoms with van der Waals surface area (Å²) in [5.74, 6) is 0.733. The van der Waals surface area contributed by atoms with Crippen LogP contribution in [0.25, 0.3) is 0 Å². The third kappa shape index (κ3) is 5.69. The van der Waals surface area contributed by atoms with E-state index in [0.717, 1.165) is 34.3 Å². The van der Waals surface area contributed by atoms with Gasteiger partial charge in [0.25, 0.3) is 5.91 Å². The summed E-state index contributed by atoms with van der Waals surface area (Å²) in [6.45, 7) is 3.87. The van der Waals surface area contributed by atoms with E-state index in [9.17, 15) is 4.79 Å². The molecular formula is C21H22BrN3O2. The molecule has 0 bridgehead atoms. The number of ether oxygens (including phenoxy) is 1. The van der Waals surface area contributed by atoms with Crippen molar-refractivity contribution in [1.29, 1.82) is 0 Å². The van der Waals surface area contributed by atoms with Gasteiger partial charge in [0.05, 0.1) is 10.7 Å². The van der Waals surface area contributed by atoms with Crippen molar-refractivity contribution in [2.45, 2.75) is 26.5 Å². The van der Waals surface area contributed by atoms with Crippen LogP contribution in [-0.2, 0) is 13.2 Å². The number of aromatic nitrogens is 2. The van der Waals surface area contributed by atoms with E-state index >= 15 is 0 Å². The van der Waals surface area contributed by atoms with E-state index in [1.165, 1.54) is 0 Å². The van der Waals surface area contributed by atoms with E-state index in [4.69, 9.17) is 4.74 Å². The number of rotatable bonds is 8. The van der Waals surface area contributed by atoms with Crippen molar-refractivity contribution in [2.24, 2.45) is 0 Å². The fourth-order valence-corrected chi connectivity index (χ4v) is 3.01. The van der Waals surface area contributed by atoms with Gasteiger partial charge in [0.1, 0.15) is 12.4 Å². The number of carbonyl (C=O) groups is 1. The molecule has 0 saturated carbocycles. The molecule has 6 heteroatoms. The van der Waals surface area contributed by atoms with Crippen LogP contribution < -0.4 is 10.1 Å². The molecule has 0 saturated heterocycles. The lowest BCUT2D eigenvalue weighted by Crippen LogP contribution is -2.25. The highest BCUT2D eigenvalue weighted by Gasteiger charge is 2.06. The summed E-state index contributed by atoms with van der Waals surface area (Å²) in [5.41, 5.74) is 2.80. The molecule has 0 atom stereocenters. The predicted molar refractivity (Wildman–Crippen MR) is 109 cm³/mol. The van der Waals surface area contributed by atoms with Gasteiger partial charge in [-0.1, -0.05) is 24.3 Å². The number of amides is 1. The standard InChI is InChI=1S/C21H22BrN3O2/c1-16-13-24-25(14-16)12-4-11-23-21(26)18-9-7-17(8-10-18)15-27-20-6-3-2-5-19(20)22/h2-3,5-10,13-14H,4,11-12,15H2,1H3,(H,23,26). The van der Waals surface area contributed by atoms with Gasteiger partial charge in [0, 0.05) is 24.8 Å². The zero-order valence-electron chi connectivity index (χ0n) is 15.2. The van der Waals surface area contributed by atoms with E-state index < -0.39 is 0 Å². The van der Waals surface area contributed by atoms with Gasteiger partial charge in [-0.2, -0.15) is 5.10 Å². The molecule has 0 radical (unpaired) electrons. The molecule has 27 heavy (non-hydrogen) atoms. The number of para-hydroxylation sites is 1. The second-order valence-electron chi connectivity index (χ2n) is 6.31. The van der Waals surface area contributed by atoms with E-state index in [1.807, 2.05) is 72.5 Å². The number of hydrogen-bond acceptors (Lipinski definition) is 3. The summed E-state index contributed by atoms with van der Waals surface area (Å²) in [5, 5.41) is 7.18. The van der Waals surface area contributed by atoms with Crippen LogP contribution in [-0.4, -0.2) is 22.2 Å². The Labute approximate surface area is 167 Å². The van der Waals surface area contributed by atoms with Crippen molar-refractivity contribution in [3.05, 3.63) is 82.1 Å². The van der Waals surface area contributed by atoms with Crippen LogP contribution in [0.1, 0.15) is 27.9 Å². The van der Waals surface area contributed by atoms with Crippen LogP contribution in [0.15, 0.2) is 65.4 Å². The third-order valence-electron chi connectivity index (χ3n) is 4.06. The lowest BCUT2D eigenvalue weighted by molar-refractivity contribution is 0.0952. The van der Waals surface area contributed by atoms with Crippen molar-refractivity contribution in [3.63, 3.8) is 0 Å². The van der Waals surface area contributed by atoms with Gasteiger partial charge < -0.3 is 10.1 Å². The monoisotopic (exact) mass is 427 g/mol. The lowest BCUT2D eigenvalue weighted by Gasteiger charge is -2.09. The third-order valence-corrected chi connectivity index (χ3v) is 4.71. The summed E-state index contributed by atoms with van der Waals surface area (Å²) >= 11 is 3.46. The van der Waals surface area contributed by atoms with Gasteiger partial charge in [0.15, 0.2) is 0 Å². The minimum absolute atomic E-state index is 0.0649. The maximum Gasteiger partial charge on any atom is 0.251 e. The Bertz CT molecular complexity index is 890. The number of nitrogens with zero attached hydrogens (tertiary/aromatic N) is 2. The highest BCUT2D eigenvalue weighted by atomic mass is 79.9. The number of benzene rings is 2. The zero-order chi connectivity index (χ0) is 19.1. The van der Waals surface area contributed by atoms with Crippen molar-refractivity contribution in [2.75, 3.05) is 6.54 Å². The average Bonchev–Trinajstić information content (AvgIpc) is 3.10. The molecule has 0 unspecified atom stereocenters. The van der Waals surface area contributed by atoms with E-state index in [-0.39, 0.29) is 5.91 Å². The highest BCUT2D eigenvalue weighted by molar-refractivity contribution is 9.10. The Balaban J connectivity index is 1.43. The molecule has 1 N–H and O–H groups in total. The quantitative estimate of drug-likeness (QED) is 0.543. The normalized spacial score (nSPS) is 10.6. The zero-order valence-corrected chi connectivity index (χ0v) is 16.8. The van der Waals surface area contributed by atoms with Crippen molar-refractivity contribution in [3.8, 4) is 5.75 Å². The molecule has 1 amide bonds. The molecule has 0 fully saturated rings. The number of halogens is 1. The Morgan fingerprint density at radius 3 is 2.67 bits per heavy atom. The van der Waals surface area contributed by atoms with Crippen molar-refractivity contribution in [1.82, 2.24) is 15.1 Å². The van der Waals surface area contributed by atoms with Gasteiger partial charge in [-0.3, -0.25) is 9.48 Å². The first kappa shape index (κ1) is 19.2. The largest absolute Gasteiger partial charge is 0.488 e. The summed E-state index contributed by atoms with van der Waals surface area (Å²) in [4.78, 5) is 12.2. The van der Waals surface area contributed by atoms with Crippen LogP contribution in [0.3, 0.4) is 0 Å². The summed E-state index contributed by atoms with van der Waals surface area (Å²) in [7, 11) is 0. The number of carbonyl (C=O) groups excluding carboxylic acids is 1. The SMILES string of the molecule is Cc1cnn(CCCNC(=O)c2ccc(COc3ccccc3Br)cc2)c1. The van der Waals surface area contributed by atoms with Crippen LogP contribution in [0, 0.1) is 6.92 Å². The summed E-state index contributed by atoms with van der Waals surface area (Å²) < 4.78 is 8.60. The first-order valence-electron chi connectivity index (χ1n) is 8.85. The van der Waals surface area contributed by atoms with Gasteiger partial charge >= 0.3 is 0 Å². The number of nitrogens with one attached hydrogen (secondary N) is 1. The molecule has 140 valence electrons. The minimum Gasteiger partial charge on any atom is -0.488 e. The minimum atomic E-state index is -0.0649. The lowest BCUT2D eigenvalue weighted by atomic mass is 10.1. The topological polar surface area (TPSA) is 56.2 Å². The van der Waals surface area contributed by atoms with E-state index in [0.29, 0.717) is 18.7 Å². The second kappa shape index (κ2) is 9.37. The molecule has 0 aliphatic carbocycles.